The molecule has 0 aliphatic carbocycles. The first kappa shape index (κ1) is 20.9. The summed E-state index contributed by atoms with van der Waals surface area (Å²) in [5, 5.41) is 2.47. The van der Waals surface area contributed by atoms with Gasteiger partial charge in [-0.25, -0.2) is 13.4 Å². The van der Waals surface area contributed by atoms with Crippen LogP contribution in [0, 0.1) is 0 Å². The number of hydrogen-bond donors (Lipinski definition) is 1. The molecule has 7 nitrogen and oxygen atoms in total. The normalized spacial score (nSPS) is 13.8. The standard InChI is InChI=1S/C18H18F3N3O4S/c19-18(20,21)12-28-16-6-5-14(11-23-16)17(25)22-8-10-29(26,27)24-9-7-13-3-1-2-4-15(13)24/h1-6,11H,7-10,12H2,(H,22,25). The van der Waals surface area contributed by atoms with Gasteiger partial charge >= 0.3 is 6.18 Å². The first-order valence-corrected chi connectivity index (χ1v) is 10.3. The van der Waals surface area contributed by atoms with Gasteiger partial charge in [-0.05, 0) is 24.1 Å². The van der Waals surface area contributed by atoms with Gasteiger partial charge in [0.2, 0.25) is 15.9 Å². The van der Waals surface area contributed by atoms with Crippen molar-refractivity contribution in [3.05, 3.63) is 53.7 Å². The molecule has 0 unspecified atom stereocenters. The molecule has 0 saturated carbocycles. The van der Waals surface area contributed by atoms with Crippen LogP contribution in [0.3, 0.4) is 0 Å². The molecule has 1 amide bonds. The SMILES string of the molecule is O=C(NCCS(=O)(=O)N1CCc2ccccc21)c1ccc(OCC(F)(F)F)nc1. The minimum atomic E-state index is -4.49. The Morgan fingerprint density at radius 1 is 1.21 bits per heavy atom. The smallest absolute Gasteiger partial charge is 0.422 e. The average molecular weight is 429 g/mol. The summed E-state index contributed by atoms with van der Waals surface area (Å²) >= 11 is 0. The number of carbonyl (C=O) groups is 1. The predicted octanol–water partition coefficient (Wildman–Crippen LogP) is 2.15. The van der Waals surface area contributed by atoms with Gasteiger partial charge < -0.3 is 10.1 Å². The Bertz CT molecular complexity index is 979. The Morgan fingerprint density at radius 2 is 1.97 bits per heavy atom. The number of ether oxygens (including phenoxy) is 1. The topological polar surface area (TPSA) is 88.6 Å². The Morgan fingerprint density at radius 3 is 2.66 bits per heavy atom. The summed E-state index contributed by atoms with van der Waals surface area (Å²) in [6.07, 6.45) is -2.79. The summed E-state index contributed by atoms with van der Waals surface area (Å²) in [6, 6.07) is 9.62. The first-order chi connectivity index (χ1) is 13.7. The molecule has 29 heavy (non-hydrogen) atoms. The van der Waals surface area contributed by atoms with E-state index in [-0.39, 0.29) is 23.7 Å². The van der Waals surface area contributed by atoms with Crippen LogP contribution in [-0.2, 0) is 16.4 Å². The summed E-state index contributed by atoms with van der Waals surface area (Å²) in [6.45, 7) is -1.24. The van der Waals surface area contributed by atoms with E-state index >= 15 is 0 Å². The number of carbonyl (C=O) groups excluding carboxylic acids is 1. The van der Waals surface area contributed by atoms with Gasteiger partial charge in [0, 0.05) is 25.4 Å². The number of para-hydroxylation sites is 1. The molecule has 1 N–H and O–H groups in total. The van der Waals surface area contributed by atoms with Gasteiger partial charge in [0.25, 0.3) is 5.91 Å². The molecule has 2 heterocycles. The van der Waals surface area contributed by atoms with E-state index in [4.69, 9.17) is 0 Å². The van der Waals surface area contributed by atoms with Crippen molar-refractivity contribution in [3.8, 4) is 5.88 Å². The molecule has 2 aromatic rings. The maximum atomic E-state index is 12.6. The molecule has 156 valence electrons. The van der Waals surface area contributed by atoms with Gasteiger partial charge in [-0.1, -0.05) is 18.2 Å². The summed E-state index contributed by atoms with van der Waals surface area (Å²) < 4.78 is 67.3. The summed E-state index contributed by atoms with van der Waals surface area (Å²) in [5.41, 5.74) is 1.68. The van der Waals surface area contributed by atoms with Crippen LogP contribution in [0.4, 0.5) is 18.9 Å². The number of aromatic nitrogens is 1. The van der Waals surface area contributed by atoms with E-state index in [0.717, 1.165) is 17.8 Å². The van der Waals surface area contributed by atoms with E-state index in [1.165, 1.54) is 10.4 Å². The van der Waals surface area contributed by atoms with E-state index in [0.29, 0.717) is 18.7 Å². The number of halogens is 3. The molecule has 1 aromatic carbocycles. The zero-order valence-electron chi connectivity index (χ0n) is 15.1. The van der Waals surface area contributed by atoms with Gasteiger partial charge in [-0.15, -0.1) is 0 Å². The lowest BCUT2D eigenvalue weighted by Gasteiger charge is -2.19. The fraction of sp³-hybridized carbons (Fsp3) is 0.333. The molecule has 0 saturated heterocycles. The Balaban J connectivity index is 1.52. The molecule has 0 radical (unpaired) electrons. The molecular formula is C18H18F3N3O4S. The fourth-order valence-corrected chi connectivity index (χ4v) is 4.29. The van der Waals surface area contributed by atoms with Crippen molar-refractivity contribution in [1.82, 2.24) is 10.3 Å². The third-order valence-electron chi connectivity index (χ3n) is 4.21. The number of nitrogens with zero attached hydrogens (tertiary/aromatic N) is 2. The van der Waals surface area contributed by atoms with Crippen LogP contribution in [-0.4, -0.2) is 50.9 Å². The van der Waals surface area contributed by atoms with Gasteiger partial charge in [0.1, 0.15) is 0 Å². The van der Waals surface area contributed by atoms with Gasteiger partial charge in [0.15, 0.2) is 6.61 Å². The van der Waals surface area contributed by atoms with E-state index in [2.05, 4.69) is 15.0 Å². The van der Waals surface area contributed by atoms with Crippen LogP contribution in [0.1, 0.15) is 15.9 Å². The molecule has 11 heteroatoms. The first-order valence-electron chi connectivity index (χ1n) is 8.68. The second kappa shape index (κ2) is 8.27. The second-order valence-corrected chi connectivity index (χ2v) is 8.32. The van der Waals surface area contributed by atoms with Crippen molar-refractivity contribution in [2.24, 2.45) is 0 Å². The van der Waals surface area contributed by atoms with Gasteiger partial charge in [-0.2, -0.15) is 13.2 Å². The quantitative estimate of drug-likeness (QED) is 0.729. The number of alkyl halides is 3. The summed E-state index contributed by atoms with van der Waals surface area (Å²) in [5.74, 6) is -1.14. The van der Waals surface area contributed by atoms with Crippen LogP contribution in [0.5, 0.6) is 5.88 Å². The van der Waals surface area contributed by atoms with Crippen LogP contribution < -0.4 is 14.4 Å². The minimum absolute atomic E-state index is 0.0771. The number of nitrogens with one attached hydrogen (secondary N) is 1. The van der Waals surface area contributed by atoms with E-state index in [1.54, 1.807) is 12.1 Å². The van der Waals surface area contributed by atoms with Crippen LogP contribution in [0.25, 0.3) is 0 Å². The number of hydrogen-bond acceptors (Lipinski definition) is 5. The van der Waals surface area contributed by atoms with Crippen molar-refractivity contribution >= 4 is 21.6 Å². The van der Waals surface area contributed by atoms with E-state index in [1.807, 2.05) is 12.1 Å². The number of sulfonamides is 1. The van der Waals surface area contributed by atoms with Crippen LogP contribution in [0.2, 0.25) is 0 Å². The summed E-state index contributed by atoms with van der Waals surface area (Å²) in [7, 11) is -3.60. The Hall–Kier alpha value is -2.82. The lowest BCUT2D eigenvalue weighted by molar-refractivity contribution is -0.154. The van der Waals surface area contributed by atoms with Gasteiger partial charge in [-0.3, -0.25) is 9.10 Å². The van der Waals surface area contributed by atoms with Crippen molar-refractivity contribution in [1.29, 1.82) is 0 Å². The zero-order chi connectivity index (χ0) is 21.1. The van der Waals surface area contributed by atoms with E-state index in [9.17, 15) is 26.4 Å². The van der Waals surface area contributed by atoms with Crippen molar-refractivity contribution in [3.63, 3.8) is 0 Å². The number of fused-ring (bicyclic) bond motifs is 1. The number of anilines is 1. The Kier molecular flexibility index (Phi) is 5.96. The molecule has 1 aliphatic heterocycles. The molecule has 1 aromatic heterocycles. The zero-order valence-corrected chi connectivity index (χ0v) is 16.0. The fourth-order valence-electron chi connectivity index (χ4n) is 2.86. The third kappa shape index (κ3) is 5.37. The van der Waals surface area contributed by atoms with E-state index < -0.39 is 28.7 Å². The van der Waals surface area contributed by atoms with Crippen molar-refractivity contribution in [2.45, 2.75) is 12.6 Å². The van der Waals surface area contributed by atoms with Gasteiger partial charge in [0.05, 0.1) is 17.0 Å². The number of rotatable bonds is 7. The van der Waals surface area contributed by atoms with Crippen LogP contribution >= 0.6 is 0 Å². The minimum Gasteiger partial charge on any atom is -0.468 e. The number of benzene rings is 1. The highest BCUT2D eigenvalue weighted by Crippen LogP contribution is 2.29. The molecule has 1 aliphatic rings. The summed E-state index contributed by atoms with van der Waals surface area (Å²) in [4.78, 5) is 15.7. The van der Waals surface area contributed by atoms with Crippen LogP contribution in [0.15, 0.2) is 42.6 Å². The number of pyridine rings is 1. The predicted molar refractivity (Wildman–Crippen MR) is 99.4 cm³/mol. The molecular weight excluding hydrogens is 411 g/mol. The molecule has 0 atom stereocenters. The molecule has 0 spiro atoms. The lowest BCUT2D eigenvalue weighted by Crippen LogP contribution is -2.37. The monoisotopic (exact) mass is 429 g/mol. The number of amides is 1. The largest absolute Gasteiger partial charge is 0.468 e. The average Bonchev–Trinajstić information content (AvgIpc) is 3.11. The van der Waals surface area contributed by atoms with Crippen molar-refractivity contribution in [2.75, 3.05) is 29.8 Å². The maximum absolute atomic E-state index is 12.6. The maximum Gasteiger partial charge on any atom is 0.422 e. The Labute approximate surface area is 165 Å². The molecule has 0 bridgehead atoms. The second-order valence-electron chi connectivity index (χ2n) is 6.31. The lowest BCUT2D eigenvalue weighted by atomic mass is 10.2. The molecule has 0 fully saturated rings. The van der Waals surface area contributed by atoms with Crippen molar-refractivity contribution < 1.29 is 31.1 Å². The third-order valence-corrected chi connectivity index (χ3v) is 5.98. The highest BCUT2D eigenvalue weighted by molar-refractivity contribution is 7.92. The highest BCUT2D eigenvalue weighted by atomic mass is 32.2. The highest BCUT2D eigenvalue weighted by Gasteiger charge is 2.29. The molecule has 3 rings (SSSR count).